The molecular formula is C22H24ClFN2O4S. The highest BCUT2D eigenvalue weighted by Crippen LogP contribution is 2.47. The number of nitrogens with one attached hydrogen (secondary N) is 2. The first-order valence-electron chi connectivity index (χ1n) is 10.2. The van der Waals surface area contributed by atoms with Gasteiger partial charge in [0.2, 0.25) is 0 Å². The van der Waals surface area contributed by atoms with Crippen LogP contribution in [0.25, 0.3) is 0 Å². The molecule has 0 aliphatic heterocycles. The molecule has 6 nitrogen and oxygen atoms in total. The summed E-state index contributed by atoms with van der Waals surface area (Å²) < 4.78 is 18.9. The minimum atomic E-state index is -0.780. The van der Waals surface area contributed by atoms with Gasteiger partial charge in [-0.15, -0.1) is 11.3 Å². The van der Waals surface area contributed by atoms with Gasteiger partial charge in [-0.1, -0.05) is 11.6 Å². The number of aryl methyl sites for hydroxylation is 1. The van der Waals surface area contributed by atoms with Crippen molar-refractivity contribution in [2.75, 3.05) is 6.61 Å². The average molecular weight is 467 g/mol. The van der Waals surface area contributed by atoms with Crippen molar-refractivity contribution in [2.45, 2.75) is 56.2 Å². The minimum Gasteiger partial charge on any atom is -0.484 e. The molecule has 5 rings (SSSR count). The van der Waals surface area contributed by atoms with Crippen LogP contribution in [0.1, 0.15) is 46.7 Å². The predicted octanol–water partition coefficient (Wildman–Crippen LogP) is 3.59. The van der Waals surface area contributed by atoms with Gasteiger partial charge in [0.15, 0.2) is 6.61 Å². The van der Waals surface area contributed by atoms with E-state index in [1.54, 1.807) is 0 Å². The molecule has 2 bridgehead atoms. The largest absolute Gasteiger partial charge is 0.484 e. The van der Waals surface area contributed by atoms with Crippen LogP contribution in [0.2, 0.25) is 5.02 Å². The number of ether oxygens (including phenoxy) is 1. The van der Waals surface area contributed by atoms with Crippen LogP contribution in [0, 0.1) is 12.7 Å². The van der Waals surface area contributed by atoms with Crippen LogP contribution in [-0.4, -0.2) is 40.7 Å². The smallest absolute Gasteiger partial charge is 0.261 e. The molecule has 0 spiro atoms. The van der Waals surface area contributed by atoms with Gasteiger partial charge >= 0.3 is 0 Å². The number of aliphatic hydroxyl groups excluding tert-OH is 1. The minimum absolute atomic E-state index is 0.0204. The van der Waals surface area contributed by atoms with Gasteiger partial charge in [0.05, 0.1) is 21.5 Å². The van der Waals surface area contributed by atoms with Gasteiger partial charge in [-0.25, -0.2) is 4.39 Å². The van der Waals surface area contributed by atoms with E-state index in [0.717, 1.165) is 10.9 Å². The lowest BCUT2D eigenvalue weighted by molar-refractivity contribution is -0.132. The fourth-order valence-corrected chi connectivity index (χ4v) is 5.43. The second-order valence-electron chi connectivity index (χ2n) is 8.43. The second kappa shape index (κ2) is 8.41. The SMILES string of the molecule is Cc1ccc(C(=O)NC23CCC(NC(=O)COc4ccc(Cl)c(F)c4)(CC2)C(O)C3)s1. The summed E-state index contributed by atoms with van der Waals surface area (Å²) in [4.78, 5) is 26.8. The highest BCUT2D eigenvalue weighted by molar-refractivity contribution is 7.13. The number of rotatable bonds is 6. The van der Waals surface area contributed by atoms with Crippen molar-refractivity contribution >= 4 is 34.8 Å². The summed E-state index contributed by atoms with van der Waals surface area (Å²) in [5.74, 6) is -0.925. The number of benzene rings is 1. The summed E-state index contributed by atoms with van der Waals surface area (Å²) in [5.41, 5.74) is -1.20. The van der Waals surface area contributed by atoms with E-state index in [1.807, 2.05) is 19.1 Å². The van der Waals surface area contributed by atoms with E-state index in [4.69, 9.17) is 16.3 Å². The highest BCUT2D eigenvalue weighted by Gasteiger charge is 2.55. The lowest BCUT2D eigenvalue weighted by Gasteiger charge is -2.56. The van der Waals surface area contributed by atoms with Crippen molar-refractivity contribution in [1.29, 1.82) is 0 Å². The monoisotopic (exact) mass is 466 g/mol. The predicted molar refractivity (Wildman–Crippen MR) is 116 cm³/mol. The Morgan fingerprint density at radius 1 is 1.23 bits per heavy atom. The van der Waals surface area contributed by atoms with Crippen molar-refractivity contribution < 1.29 is 23.8 Å². The Balaban J connectivity index is 1.34. The number of aliphatic hydroxyl groups is 1. The van der Waals surface area contributed by atoms with Crippen molar-refractivity contribution in [3.63, 3.8) is 0 Å². The molecule has 3 fully saturated rings. The maximum Gasteiger partial charge on any atom is 0.261 e. The molecule has 9 heteroatoms. The van der Waals surface area contributed by atoms with Gasteiger partial charge in [0.1, 0.15) is 11.6 Å². The van der Waals surface area contributed by atoms with E-state index in [1.165, 1.54) is 23.5 Å². The van der Waals surface area contributed by atoms with Crippen LogP contribution in [0.4, 0.5) is 4.39 Å². The number of fused-ring (bicyclic) bond motifs is 3. The van der Waals surface area contributed by atoms with Crippen LogP contribution in [0.15, 0.2) is 30.3 Å². The Morgan fingerprint density at radius 3 is 2.58 bits per heavy atom. The lowest BCUT2D eigenvalue weighted by Crippen LogP contribution is -2.70. The fourth-order valence-electron chi connectivity index (χ4n) is 4.55. The number of carbonyl (C=O) groups excluding carboxylic acids is 2. The molecule has 3 aliphatic carbocycles. The van der Waals surface area contributed by atoms with Crippen molar-refractivity contribution in [3.05, 3.63) is 50.9 Å². The van der Waals surface area contributed by atoms with Crippen molar-refractivity contribution in [3.8, 4) is 5.75 Å². The lowest BCUT2D eigenvalue weighted by atomic mass is 9.60. The molecule has 3 N–H and O–H groups in total. The summed E-state index contributed by atoms with van der Waals surface area (Å²) in [6, 6.07) is 7.69. The summed E-state index contributed by atoms with van der Waals surface area (Å²) in [6.45, 7) is 1.66. The Morgan fingerprint density at radius 2 is 1.97 bits per heavy atom. The number of hydrogen-bond acceptors (Lipinski definition) is 5. The van der Waals surface area contributed by atoms with Gasteiger partial charge < -0.3 is 20.5 Å². The highest BCUT2D eigenvalue weighted by atomic mass is 35.5. The van der Waals surface area contributed by atoms with Gasteiger partial charge in [-0.3, -0.25) is 9.59 Å². The van der Waals surface area contributed by atoms with Gasteiger partial charge in [-0.05, 0) is 63.3 Å². The number of halogens is 2. The van der Waals surface area contributed by atoms with Gasteiger partial charge in [-0.2, -0.15) is 0 Å². The third-order valence-corrected chi connectivity index (χ3v) is 7.62. The molecule has 3 saturated carbocycles. The Hall–Kier alpha value is -2.16. The molecule has 1 unspecified atom stereocenters. The van der Waals surface area contributed by atoms with Crippen LogP contribution in [0.3, 0.4) is 0 Å². The normalized spacial score (nSPS) is 27.0. The number of carbonyl (C=O) groups is 2. The molecule has 2 aromatic rings. The quantitative estimate of drug-likeness (QED) is 0.607. The first-order valence-corrected chi connectivity index (χ1v) is 11.4. The molecule has 2 amide bonds. The Labute approximate surface area is 188 Å². The summed E-state index contributed by atoms with van der Waals surface area (Å²) in [7, 11) is 0. The van der Waals surface area contributed by atoms with E-state index in [-0.39, 0.29) is 29.2 Å². The van der Waals surface area contributed by atoms with E-state index in [0.29, 0.717) is 37.0 Å². The van der Waals surface area contributed by atoms with Crippen LogP contribution in [-0.2, 0) is 4.79 Å². The Kier molecular flexibility index (Phi) is 5.98. The van der Waals surface area contributed by atoms with Crippen molar-refractivity contribution in [1.82, 2.24) is 10.6 Å². The maximum atomic E-state index is 13.5. The summed E-state index contributed by atoms with van der Waals surface area (Å²) in [5, 5.41) is 16.9. The average Bonchev–Trinajstić information content (AvgIpc) is 3.17. The van der Waals surface area contributed by atoms with E-state index in [9.17, 15) is 19.1 Å². The standard InChI is InChI=1S/C22H24ClFN2O4S/c1-13-2-5-17(31-13)20(29)26-21-6-8-22(9-7-21,18(27)11-21)25-19(28)12-30-14-3-4-15(23)16(24)10-14/h2-5,10,18,27H,6-9,11-12H2,1H3,(H,25,28)(H,26,29). The zero-order valence-corrected chi connectivity index (χ0v) is 18.6. The molecule has 166 valence electrons. The van der Waals surface area contributed by atoms with E-state index < -0.39 is 23.0 Å². The van der Waals surface area contributed by atoms with Crippen LogP contribution >= 0.6 is 22.9 Å². The van der Waals surface area contributed by atoms with E-state index >= 15 is 0 Å². The molecule has 31 heavy (non-hydrogen) atoms. The third-order valence-electron chi connectivity index (χ3n) is 6.31. The number of thiophene rings is 1. The Bertz CT molecular complexity index is 1000. The summed E-state index contributed by atoms with van der Waals surface area (Å²) in [6.07, 6.45) is 2.05. The molecule has 1 atom stereocenters. The fraction of sp³-hybridized carbons (Fsp3) is 0.455. The molecule has 1 aromatic carbocycles. The molecule has 3 aliphatic rings. The number of hydrogen-bond donors (Lipinski definition) is 3. The van der Waals surface area contributed by atoms with E-state index in [2.05, 4.69) is 10.6 Å². The first-order chi connectivity index (χ1) is 14.7. The van der Waals surface area contributed by atoms with Crippen LogP contribution < -0.4 is 15.4 Å². The van der Waals surface area contributed by atoms with Crippen LogP contribution in [0.5, 0.6) is 5.75 Å². The molecular weight excluding hydrogens is 443 g/mol. The molecule has 0 radical (unpaired) electrons. The summed E-state index contributed by atoms with van der Waals surface area (Å²) >= 11 is 7.09. The maximum absolute atomic E-state index is 13.5. The van der Waals surface area contributed by atoms with Gasteiger partial charge in [0, 0.05) is 16.5 Å². The third kappa shape index (κ3) is 4.56. The second-order valence-corrected chi connectivity index (χ2v) is 10.1. The zero-order valence-electron chi connectivity index (χ0n) is 17.0. The van der Waals surface area contributed by atoms with Gasteiger partial charge in [0.25, 0.3) is 11.8 Å². The molecule has 1 heterocycles. The topological polar surface area (TPSA) is 87.7 Å². The molecule has 0 saturated heterocycles. The number of amides is 2. The first kappa shape index (κ1) is 22.0. The zero-order chi connectivity index (χ0) is 22.2. The molecule has 1 aromatic heterocycles. The van der Waals surface area contributed by atoms with Crippen molar-refractivity contribution in [2.24, 2.45) is 0 Å².